The molecule has 1 heterocycles. The monoisotopic (exact) mass is 391 g/mol. The summed E-state index contributed by atoms with van der Waals surface area (Å²) in [6.07, 6.45) is 8.54. The van der Waals surface area contributed by atoms with E-state index in [9.17, 15) is 8.42 Å². The van der Waals surface area contributed by atoms with Crippen LogP contribution < -0.4 is 4.72 Å². The van der Waals surface area contributed by atoms with Gasteiger partial charge in [0, 0.05) is 6.04 Å². The Morgan fingerprint density at radius 1 is 1.15 bits per heavy atom. The molecule has 0 radical (unpaired) electrons. The molecule has 140 valence electrons. The topological polar surface area (TPSA) is 72.0 Å². The molecule has 1 aromatic heterocycles. The van der Waals surface area contributed by atoms with E-state index in [4.69, 9.17) is 0 Å². The summed E-state index contributed by atoms with van der Waals surface area (Å²) in [6.45, 7) is 2.12. The van der Waals surface area contributed by atoms with Crippen LogP contribution in [0.3, 0.4) is 0 Å². The van der Waals surface area contributed by atoms with Crippen LogP contribution in [0.5, 0.6) is 0 Å². The molecule has 2 aromatic rings. The lowest BCUT2D eigenvalue weighted by Crippen LogP contribution is -2.56. The van der Waals surface area contributed by atoms with Crippen LogP contribution in [0.1, 0.15) is 51.9 Å². The summed E-state index contributed by atoms with van der Waals surface area (Å²) < 4.78 is 38.0. The van der Waals surface area contributed by atoms with Crippen molar-refractivity contribution in [3.8, 4) is 0 Å². The molecule has 4 aliphatic carbocycles. The third-order valence-corrected chi connectivity index (χ3v) is 9.11. The first-order valence-corrected chi connectivity index (χ1v) is 11.9. The number of nitrogens with one attached hydrogen (secondary N) is 1. The molecule has 0 aliphatic heterocycles. The van der Waals surface area contributed by atoms with E-state index in [1.807, 2.05) is 6.07 Å². The average molecular weight is 392 g/mol. The highest BCUT2D eigenvalue weighted by Gasteiger charge is 2.54. The minimum absolute atomic E-state index is 0.0164. The van der Waals surface area contributed by atoms with E-state index in [0.29, 0.717) is 11.0 Å². The van der Waals surface area contributed by atoms with Crippen LogP contribution in [0.15, 0.2) is 23.1 Å². The molecule has 26 heavy (non-hydrogen) atoms. The first kappa shape index (κ1) is 17.1. The Labute approximate surface area is 159 Å². The number of aromatic nitrogens is 2. The quantitative estimate of drug-likeness (QED) is 0.837. The van der Waals surface area contributed by atoms with Gasteiger partial charge in [0.2, 0.25) is 10.0 Å². The molecule has 0 saturated heterocycles. The van der Waals surface area contributed by atoms with Crippen molar-refractivity contribution in [2.75, 3.05) is 0 Å². The van der Waals surface area contributed by atoms with E-state index in [-0.39, 0.29) is 16.4 Å². The Hall–Kier alpha value is -1.05. The molecule has 5 nitrogen and oxygen atoms in total. The lowest BCUT2D eigenvalue weighted by Gasteiger charge is -2.59. The van der Waals surface area contributed by atoms with Gasteiger partial charge in [0.25, 0.3) is 0 Å². The number of rotatable bonds is 5. The predicted molar refractivity (Wildman–Crippen MR) is 102 cm³/mol. The van der Waals surface area contributed by atoms with Crippen LogP contribution in [0, 0.1) is 23.2 Å². The minimum Gasteiger partial charge on any atom is -0.207 e. The number of hydrogen-bond donors (Lipinski definition) is 1. The molecule has 0 spiro atoms. The smallest absolute Gasteiger partial charge is 0.207 e. The zero-order valence-corrected chi connectivity index (χ0v) is 16.7. The molecular weight excluding hydrogens is 366 g/mol. The molecule has 4 bridgehead atoms. The molecule has 1 atom stereocenters. The average Bonchev–Trinajstić information content (AvgIpc) is 3.07. The first-order valence-electron chi connectivity index (χ1n) is 9.73. The van der Waals surface area contributed by atoms with E-state index in [1.54, 1.807) is 12.1 Å². The van der Waals surface area contributed by atoms with Crippen LogP contribution in [-0.4, -0.2) is 23.2 Å². The molecule has 1 N–H and O–H groups in total. The third kappa shape index (κ3) is 2.62. The zero-order valence-electron chi connectivity index (χ0n) is 15.0. The van der Waals surface area contributed by atoms with E-state index in [0.717, 1.165) is 35.9 Å². The molecule has 4 saturated carbocycles. The van der Waals surface area contributed by atoms with E-state index >= 15 is 0 Å². The van der Waals surface area contributed by atoms with Crippen molar-refractivity contribution < 1.29 is 8.42 Å². The first-order chi connectivity index (χ1) is 12.5. The Morgan fingerprint density at radius 2 is 1.81 bits per heavy atom. The van der Waals surface area contributed by atoms with Gasteiger partial charge in [-0.3, -0.25) is 0 Å². The van der Waals surface area contributed by atoms with Gasteiger partial charge in [-0.15, -0.1) is 0 Å². The molecule has 4 fully saturated rings. The second-order valence-corrected chi connectivity index (χ2v) is 11.0. The second-order valence-electron chi connectivity index (χ2n) is 8.75. The highest BCUT2D eigenvalue weighted by molar-refractivity contribution is 7.89. The molecule has 1 unspecified atom stereocenters. The normalized spacial score (nSPS) is 34.4. The van der Waals surface area contributed by atoms with Crippen LogP contribution in [0.4, 0.5) is 0 Å². The van der Waals surface area contributed by atoms with E-state index in [2.05, 4.69) is 20.4 Å². The summed E-state index contributed by atoms with van der Waals surface area (Å²) in [5.41, 5.74) is 1.30. The van der Waals surface area contributed by atoms with Crippen LogP contribution in [0.25, 0.3) is 11.0 Å². The van der Waals surface area contributed by atoms with Gasteiger partial charge in [-0.25, -0.2) is 13.1 Å². The van der Waals surface area contributed by atoms with Crippen molar-refractivity contribution in [3.63, 3.8) is 0 Å². The highest BCUT2D eigenvalue weighted by Crippen LogP contribution is 2.61. The standard InChI is InChI=1S/C19H25N3O2S2/c1-2-17(19-9-12-6-13(10-19)8-14(7-12)11-19)22-26(23,24)16-5-3-4-15-18(16)21-25-20-15/h3-5,12-14,17,22H,2,6-11H2,1H3. The Balaban J connectivity index is 1.48. The van der Waals surface area contributed by atoms with Gasteiger partial charge in [-0.2, -0.15) is 8.75 Å². The van der Waals surface area contributed by atoms with Crippen molar-refractivity contribution in [2.45, 2.75) is 62.8 Å². The largest absolute Gasteiger partial charge is 0.243 e. The Bertz CT molecular complexity index is 902. The summed E-state index contributed by atoms with van der Waals surface area (Å²) in [5.74, 6) is 2.43. The molecular formula is C19H25N3O2S2. The van der Waals surface area contributed by atoms with Gasteiger partial charge >= 0.3 is 0 Å². The van der Waals surface area contributed by atoms with E-state index in [1.165, 1.54) is 38.5 Å². The van der Waals surface area contributed by atoms with Crippen molar-refractivity contribution in [3.05, 3.63) is 18.2 Å². The van der Waals surface area contributed by atoms with Gasteiger partial charge in [0.05, 0.1) is 11.7 Å². The van der Waals surface area contributed by atoms with Crippen molar-refractivity contribution in [1.29, 1.82) is 0 Å². The maximum absolute atomic E-state index is 13.2. The van der Waals surface area contributed by atoms with Gasteiger partial charge < -0.3 is 0 Å². The summed E-state index contributed by atoms with van der Waals surface area (Å²) in [5, 5.41) is 0. The van der Waals surface area contributed by atoms with Gasteiger partial charge in [-0.1, -0.05) is 13.0 Å². The summed E-state index contributed by atoms with van der Waals surface area (Å²) in [6, 6.07) is 5.24. The minimum atomic E-state index is -3.61. The van der Waals surface area contributed by atoms with Crippen LogP contribution >= 0.6 is 11.7 Å². The fraction of sp³-hybridized carbons (Fsp3) is 0.684. The number of hydrogen-bond acceptors (Lipinski definition) is 5. The molecule has 7 heteroatoms. The fourth-order valence-corrected chi connectivity index (χ4v) is 8.68. The summed E-state index contributed by atoms with van der Waals surface area (Å²) in [4.78, 5) is 0.270. The second kappa shape index (κ2) is 5.97. The van der Waals surface area contributed by atoms with Crippen molar-refractivity contribution >= 4 is 32.8 Å². The number of nitrogens with zero attached hydrogens (tertiary/aromatic N) is 2. The fourth-order valence-electron chi connectivity index (χ4n) is 6.49. The molecule has 6 rings (SSSR count). The zero-order chi connectivity index (χ0) is 17.9. The molecule has 1 aromatic carbocycles. The number of fused-ring (bicyclic) bond motifs is 1. The molecule has 0 amide bonds. The van der Waals surface area contributed by atoms with Gasteiger partial charge in [0.1, 0.15) is 15.9 Å². The highest BCUT2D eigenvalue weighted by atomic mass is 32.2. The Kier molecular flexibility index (Phi) is 3.92. The third-order valence-electron chi connectivity index (χ3n) is 7.07. The van der Waals surface area contributed by atoms with Crippen molar-refractivity contribution in [1.82, 2.24) is 13.5 Å². The molecule has 4 aliphatic rings. The summed E-state index contributed by atoms with van der Waals surface area (Å²) in [7, 11) is -3.61. The maximum atomic E-state index is 13.2. The lowest BCUT2D eigenvalue weighted by molar-refractivity contribution is -0.0704. The predicted octanol–water partition coefficient (Wildman–Crippen LogP) is 3.96. The maximum Gasteiger partial charge on any atom is 0.243 e. The summed E-state index contributed by atoms with van der Waals surface area (Å²) >= 11 is 1.06. The van der Waals surface area contributed by atoms with Gasteiger partial charge in [0.15, 0.2) is 0 Å². The van der Waals surface area contributed by atoms with Crippen molar-refractivity contribution in [2.24, 2.45) is 23.2 Å². The number of sulfonamides is 1. The van der Waals surface area contributed by atoms with Crippen LogP contribution in [0.2, 0.25) is 0 Å². The number of benzene rings is 1. The van der Waals surface area contributed by atoms with E-state index < -0.39 is 10.0 Å². The SMILES string of the molecule is CCC(NS(=O)(=O)c1cccc2nsnc12)C12CC3CC(CC(C3)C1)C2. The van der Waals surface area contributed by atoms with Gasteiger partial charge in [-0.05, 0) is 80.2 Å². The Morgan fingerprint density at radius 3 is 2.42 bits per heavy atom. The van der Waals surface area contributed by atoms with Crippen LogP contribution in [-0.2, 0) is 10.0 Å². The lowest BCUT2D eigenvalue weighted by atomic mass is 9.47.